The van der Waals surface area contributed by atoms with Crippen molar-refractivity contribution in [1.82, 2.24) is 9.88 Å². The summed E-state index contributed by atoms with van der Waals surface area (Å²) in [4.78, 5) is 29.3. The van der Waals surface area contributed by atoms with Crippen LogP contribution in [0.2, 0.25) is 0 Å². The van der Waals surface area contributed by atoms with Crippen LogP contribution >= 0.6 is 0 Å². The van der Waals surface area contributed by atoms with Gasteiger partial charge in [0.15, 0.2) is 11.5 Å². The Balaban J connectivity index is 2.21. The van der Waals surface area contributed by atoms with E-state index in [1.54, 1.807) is 30.6 Å². The van der Waals surface area contributed by atoms with Gasteiger partial charge in [0.1, 0.15) is 13.2 Å². The summed E-state index contributed by atoms with van der Waals surface area (Å²) in [6.07, 6.45) is 3.41. The minimum absolute atomic E-state index is 0.150. The highest BCUT2D eigenvalue weighted by Crippen LogP contribution is 2.30. The van der Waals surface area contributed by atoms with Gasteiger partial charge >= 0.3 is 5.97 Å². The number of aliphatic carboxylic acids is 1. The summed E-state index contributed by atoms with van der Waals surface area (Å²) in [6, 6.07) is 8.62. The first kappa shape index (κ1) is 21.2. The highest BCUT2D eigenvalue weighted by Gasteiger charge is 2.21. The fraction of sp³-hybridized carbons (Fsp3) is 0.381. The Bertz CT molecular complexity index is 793. The van der Waals surface area contributed by atoms with E-state index in [2.05, 4.69) is 4.98 Å². The number of amides is 1. The predicted molar refractivity (Wildman–Crippen MR) is 105 cm³/mol. The van der Waals surface area contributed by atoms with E-state index in [0.717, 1.165) is 5.56 Å². The molecule has 0 aliphatic carbocycles. The van der Waals surface area contributed by atoms with Gasteiger partial charge in [0.2, 0.25) is 0 Å². The number of aromatic nitrogens is 1. The normalized spacial score (nSPS) is 10.6. The quantitative estimate of drug-likeness (QED) is 0.674. The largest absolute Gasteiger partial charge is 0.490 e. The molecule has 2 aromatic rings. The molecule has 1 amide bonds. The van der Waals surface area contributed by atoms with Crippen LogP contribution in [0.3, 0.4) is 0 Å². The number of benzene rings is 1. The fourth-order valence-electron chi connectivity index (χ4n) is 2.68. The van der Waals surface area contributed by atoms with E-state index in [9.17, 15) is 9.59 Å². The minimum atomic E-state index is -1.05. The monoisotopic (exact) mass is 386 g/mol. The molecule has 0 spiro atoms. The maximum absolute atomic E-state index is 12.8. The molecule has 2 rings (SSSR count). The maximum Gasteiger partial charge on any atom is 0.323 e. The van der Waals surface area contributed by atoms with Crippen LogP contribution in [0.5, 0.6) is 11.5 Å². The van der Waals surface area contributed by atoms with Crippen LogP contribution in [0.15, 0.2) is 42.7 Å². The molecule has 0 aliphatic heterocycles. The van der Waals surface area contributed by atoms with Gasteiger partial charge in [-0.15, -0.1) is 0 Å². The van der Waals surface area contributed by atoms with Crippen LogP contribution < -0.4 is 9.47 Å². The zero-order valence-corrected chi connectivity index (χ0v) is 16.4. The van der Waals surface area contributed by atoms with Crippen LogP contribution in [-0.4, -0.2) is 46.6 Å². The SMILES string of the molecule is CCOc1cc(C(=O)N(CC(=O)O)CC(C)C)ccc1OCc1cccnc1. The van der Waals surface area contributed by atoms with Crippen molar-refractivity contribution >= 4 is 11.9 Å². The summed E-state index contributed by atoms with van der Waals surface area (Å²) in [6.45, 7) is 6.45. The second kappa shape index (κ2) is 10.3. The zero-order valence-electron chi connectivity index (χ0n) is 16.4. The molecule has 0 bridgehead atoms. The van der Waals surface area contributed by atoms with Crippen molar-refractivity contribution in [2.75, 3.05) is 19.7 Å². The molecule has 0 atom stereocenters. The molecule has 0 unspecified atom stereocenters. The Morgan fingerprint density at radius 2 is 1.96 bits per heavy atom. The Kier molecular flexibility index (Phi) is 7.80. The van der Waals surface area contributed by atoms with Crippen LogP contribution in [0, 0.1) is 5.92 Å². The average Bonchev–Trinajstić information content (AvgIpc) is 2.66. The molecule has 28 heavy (non-hydrogen) atoms. The molecular weight excluding hydrogens is 360 g/mol. The lowest BCUT2D eigenvalue weighted by Crippen LogP contribution is -2.38. The maximum atomic E-state index is 12.8. The molecule has 1 heterocycles. The van der Waals surface area contributed by atoms with Gasteiger partial charge in [-0.1, -0.05) is 19.9 Å². The fourth-order valence-corrected chi connectivity index (χ4v) is 2.68. The van der Waals surface area contributed by atoms with Crippen molar-refractivity contribution in [2.45, 2.75) is 27.4 Å². The number of pyridine rings is 1. The molecular formula is C21H26N2O5. The highest BCUT2D eigenvalue weighted by molar-refractivity contribution is 5.96. The summed E-state index contributed by atoms with van der Waals surface area (Å²) >= 11 is 0. The summed E-state index contributed by atoms with van der Waals surface area (Å²) in [7, 11) is 0. The smallest absolute Gasteiger partial charge is 0.323 e. The second-order valence-electron chi connectivity index (χ2n) is 6.72. The number of ether oxygens (including phenoxy) is 2. The number of hydrogen-bond acceptors (Lipinski definition) is 5. The molecule has 7 nitrogen and oxygen atoms in total. The van der Waals surface area contributed by atoms with Gasteiger partial charge in [-0.25, -0.2) is 0 Å². The number of nitrogens with zero attached hydrogens (tertiary/aromatic N) is 2. The molecule has 0 saturated heterocycles. The summed E-state index contributed by atoms with van der Waals surface area (Å²) in [5.74, 6) is -0.295. The van der Waals surface area contributed by atoms with Crippen molar-refractivity contribution in [2.24, 2.45) is 5.92 Å². The third-order valence-electron chi connectivity index (χ3n) is 3.81. The highest BCUT2D eigenvalue weighted by atomic mass is 16.5. The Morgan fingerprint density at radius 3 is 2.57 bits per heavy atom. The molecule has 1 N–H and O–H groups in total. The van der Waals surface area contributed by atoms with Gasteiger partial charge in [0.25, 0.3) is 5.91 Å². The molecule has 150 valence electrons. The molecule has 0 saturated carbocycles. The zero-order chi connectivity index (χ0) is 20.5. The Morgan fingerprint density at radius 1 is 1.18 bits per heavy atom. The lowest BCUT2D eigenvalue weighted by molar-refractivity contribution is -0.137. The number of hydrogen-bond donors (Lipinski definition) is 1. The molecule has 0 aliphatic rings. The van der Waals surface area contributed by atoms with Gasteiger partial charge in [0, 0.05) is 30.1 Å². The first-order valence-electron chi connectivity index (χ1n) is 9.20. The van der Waals surface area contributed by atoms with Gasteiger partial charge in [-0.05, 0) is 37.1 Å². The molecule has 1 aromatic carbocycles. The molecule has 7 heteroatoms. The van der Waals surface area contributed by atoms with Crippen molar-refractivity contribution in [3.8, 4) is 11.5 Å². The first-order chi connectivity index (χ1) is 13.4. The standard InChI is InChI=1S/C21H26N2O5/c1-4-27-19-10-17(21(26)23(12-15(2)3)13-20(24)25)7-8-18(19)28-14-16-6-5-9-22-11-16/h5-11,15H,4,12-14H2,1-3H3,(H,24,25). The summed E-state index contributed by atoms with van der Waals surface area (Å²) in [5, 5.41) is 9.11. The minimum Gasteiger partial charge on any atom is -0.490 e. The third-order valence-corrected chi connectivity index (χ3v) is 3.81. The lowest BCUT2D eigenvalue weighted by Gasteiger charge is -2.23. The summed E-state index contributed by atoms with van der Waals surface area (Å²) in [5.41, 5.74) is 1.27. The van der Waals surface area contributed by atoms with Crippen LogP contribution in [0.1, 0.15) is 36.7 Å². The van der Waals surface area contributed by atoms with Gasteiger partial charge in [-0.3, -0.25) is 14.6 Å². The number of carbonyl (C=O) groups excluding carboxylic acids is 1. The van der Waals surface area contributed by atoms with Crippen molar-refractivity contribution < 1.29 is 24.2 Å². The van der Waals surface area contributed by atoms with Crippen LogP contribution in [-0.2, 0) is 11.4 Å². The molecule has 0 fully saturated rings. The third kappa shape index (κ3) is 6.26. The van der Waals surface area contributed by atoms with Gasteiger partial charge in [0.05, 0.1) is 6.61 Å². The van der Waals surface area contributed by atoms with Crippen LogP contribution in [0.25, 0.3) is 0 Å². The number of rotatable bonds is 10. The lowest BCUT2D eigenvalue weighted by atomic mass is 10.1. The van der Waals surface area contributed by atoms with E-state index in [4.69, 9.17) is 14.6 Å². The number of carboxylic acid groups (broad SMARTS) is 1. The predicted octanol–water partition coefficient (Wildman–Crippen LogP) is 3.24. The van der Waals surface area contributed by atoms with Gasteiger partial charge < -0.3 is 19.5 Å². The van der Waals surface area contributed by atoms with Crippen molar-refractivity contribution in [1.29, 1.82) is 0 Å². The van der Waals surface area contributed by atoms with E-state index in [0.29, 0.717) is 36.8 Å². The number of carboxylic acids is 1. The van der Waals surface area contributed by atoms with Crippen molar-refractivity contribution in [3.05, 3.63) is 53.9 Å². The van der Waals surface area contributed by atoms with E-state index in [1.807, 2.05) is 32.9 Å². The van der Waals surface area contributed by atoms with E-state index < -0.39 is 5.97 Å². The van der Waals surface area contributed by atoms with Crippen molar-refractivity contribution in [3.63, 3.8) is 0 Å². The Hall–Kier alpha value is -3.09. The van der Waals surface area contributed by atoms with E-state index >= 15 is 0 Å². The van der Waals surface area contributed by atoms with E-state index in [-0.39, 0.29) is 18.4 Å². The van der Waals surface area contributed by atoms with E-state index in [1.165, 1.54) is 4.90 Å². The second-order valence-corrected chi connectivity index (χ2v) is 6.72. The van der Waals surface area contributed by atoms with Gasteiger partial charge in [-0.2, -0.15) is 0 Å². The molecule has 1 aromatic heterocycles. The first-order valence-corrected chi connectivity index (χ1v) is 9.20. The average molecular weight is 386 g/mol. The Labute approximate surface area is 164 Å². The van der Waals surface area contributed by atoms with Crippen LogP contribution in [0.4, 0.5) is 0 Å². The summed E-state index contributed by atoms with van der Waals surface area (Å²) < 4.78 is 11.4. The number of carbonyl (C=O) groups is 2. The topological polar surface area (TPSA) is 89.0 Å². The molecule has 0 radical (unpaired) electrons.